The Bertz CT molecular complexity index is 341. The standard InChI is InChI=1S/C11H20BrNO3S/c12-7-9-3-1-5-11(9)13-17(14,15)8-10-4-2-6-16-10/h9-11,13H,1-8H2. The fraction of sp³-hybridized carbons (Fsp3) is 1.00. The van der Waals surface area contributed by atoms with E-state index in [9.17, 15) is 8.42 Å². The molecule has 100 valence electrons. The maximum Gasteiger partial charge on any atom is 0.214 e. The summed E-state index contributed by atoms with van der Waals surface area (Å²) in [4.78, 5) is 0. The number of hydrogen-bond acceptors (Lipinski definition) is 3. The summed E-state index contributed by atoms with van der Waals surface area (Å²) in [5.74, 6) is 0.563. The fourth-order valence-corrected chi connectivity index (χ4v) is 5.07. The van der Waals surface area contributed by atoms with Gasteiger partial charge in [-0.05, 0) is 31.6 Å². The Morgan fingerprint density at radius 1 is 1.24 bits per heavy atom. The van der Waals surface area contributed by atoms with Gasteiger partial charge in [-0.15, -0.1) is 0 Å². The third-order valence-corrected chi connectivity index (χ3v) is 5.92. The molecule has 2 aliphatic rings. The topological polar surface area (TPSA) is 55.4 Å². The quantitative estimate of drug-likeness (QED) is 0.782. The molecule has 4 nitrogen and oxygen atoms in total. The summed E-state index contributed by atoms with van der Waals surface area (Å²) in [6.45, 7) is 0.702. The number of nitrogens with one attached hydrogen (secondary N) is 1. The van der Waals surface area contributed by atoms with E-state index < -0.39 is 10.0 Å². The highest BCUT2D eigenvalue weighted by molar-refractivity contribution is 9.09. The van der Waals surface area contributed by atoms with Crippen LogP contribution in [0.2, 0.25) is 0 Å². The van der Waals surface area contributed by atoms with Gasteiger partial charge in [0.2, 0.25) is 10.0 Å². The van der Waals surface area contributed by atoms with Gasteiger partial charge in [0.1, 0.15) is 0 Å². The van der Waals surface area contributed by atoms with Crippen LogP contribution in [-0.2, 0) is 14.8 Å². The minimum atomic E-state index is -3.19. The maximum atomic E-state index is 12.0. The Hall–Kier alpha value is 0.350. The van der Waals surface area contributed by atoms with Crippen LogP contribution in [0.4, 0.5) is 0 Å². The van der Waals surface area contributed by atoms with Crippen LogP contribution >= 0.6 is 15.9 Å². The minimum absolute atomic E-state index is 0.101. The normalized spacial score (nSPS) is 34.3. The average Bonchev–Trinajstić information content (AvgIpc) is 2.87. The smallest absolute Gasteiger partial charge is 0.214 e. The van der Waals surface area contributed by atoms with Crippen molar-refractivity contribution in [2.45, 2.75) is 44.2 Å². The molecule has 6 heteroatoms. The van der Waals surface area contributed by atoms with E-state index in [0.717, 1.165) is 37.4 Å². The summed E-state index contributed by atoms with van der Waals surface area (Å²) in [6.07, 6.45) is 4.93. The molecule has 1 aliphatic heterocycles. The van der Waals surface area contributed by atoms with E-state index in [4.69, 9.17) is 4.74 Å². The van der Waals surface area contributed by atoms with Crippen molar-refractivity contribution in [2.75, 3.05) is 17.7 Å². The lowest BCUT2D eigenvalue weighted by Gasteiger charge is -2.20. The first-order chi connectivity index (χ1) is 8.11. The molecule has 0 aromatic rings. The molecule has 2 fully saturated rings. The molecule has 17 heavy (non-hydrogen) atoms. The number of sulfonamides is 1. The zero-order chi connectivity index (χ0) is 12.3. The lowest BCUT2D eigenvalue weighted by molar-refractivity contribution is 0.127. The van der Waals surface area contributed by atoms with E-state index in [1.807, 2.05) is 0 Å². The molecule has 0 aromatic heterocycles. The van der Waals surface area contributed by atoms with Crippen LogP contribution < -0.4 is 4.72 Å². The molecule has 1 N–H and O–H groups in total. The first-order valence-electron chi connectivity index (χ1n) is 6.28. The summed E-state index contributed by atoms with van der Waals surface area (Å²) in [5.41, 5.74) is 0. The van der Waals surface area contributed by atoms with Crippen molar-refractivity contribution in [2.24, 2.45) is 5.92 Å². The summed E-state index contributed by atoms with van der Waals surface area (Å²) >= 11 is 3.45. The molecule has 0 amide bonds. The second kappa shape index (κ2) is 5.99. The van der Waals surface area contributed by atoms with E-state index >= 15 is 0 Å². The Labute approximate surface area is 112 Å². The number of alkyl halides is 1. The molecule has 3 atom stereocenters. The van der Waals surface area contributed by atoms with Crippen molar-refractivity contribution in [3.8, 4) is 0 Å². The van der Waals surface area contributed by atoms with Gasteiger partial charge in [-0.1, -0.05) is 22.4 Å². The Morgan fingerprint density at radius 3 is 2.71 bits per heavy atom. The van der Waals surface area contributed by atoms with E-state index in [-0.39, 0.29) is 17.9 Å². The summed E-state index contributed by atoms with van der Waals surface area (Å²) in [5, 5.41) is 0.875. The Kier molecular flexibility index (Phi) is 4.86. The predicted octanol–water partition coefficient (Wildman–Crippen LogP) is 1.65. The van der Waals surface area contributed by atoms with Crippen LogP contribution in [0.1, 0.15) is 32.1 Å². The number of hydrogen-bond donors (Lipinski definition) is 1. The SMILES string of the molecule is O=S(=O)(CC1CCCO1)NC1CCCC1CBr. The monoisotopic (exact) mass is 325 g/mol. The van der Waals surface area contributed by atoms with Crippen molar-refractivity contribution in [1.82, 2.24) is 4.72 Å². The van der Waals surface area contributed by atoms with Crippen molar-refractivity contribution >= 4 is 26.0 Å². The van der Waals surface area contributed by atoms with Crippen molar-refractivity contribution in [3.05, 3.63) is 0 Å². The van der Waals surface area contributed by atoms with Crippen molar-refractivity contribution in [3.63, 3.8) is 0 Å². The van der Waals surface area contributed by atoms with Gasteiger partial charge in [0.15, 0.2) is 0 Å². The molecule has 1 saturated heterocycles. The number of ether oxygens (including phenoxy) is 1. The first kappa shape index (κ1) is 13.8. The van der Waals surface area contributed by atoms with Gasteiger partial charge < -0.3 is 4.74 Å². The summed E-state index contributed by atoms with van der Waals surface area (Å²) in [6, 6.07) is 0.112. The maximum absolute atomic E-state index is 12.0. The van der Waals surface area contributed by atoms with Crippen LogP contribution in [0.3, 0.4) is 0 Å². The van der Waals surface area contributed by atoms with Gasteiger partial charge in [0, 0.05) is 18.0 Å². The van der Waals surface area contributed by atoms with Gasteiger partial charge in [-0.25, -0.2) is 13.1 Å². The first-order valence-corrected chi connectivity index (χ1v) is 9.05. The largest absolute Gasteiger partial charge is 0.377 e. The second-order valence-corrected chi connectivity index (χ2v) is 7.43. The molecule has 0 aromatic carbocycles. The molecular weight excluding hydrogens is 306 g/mol. The Morgan fingerprint density at radius 2 is 2.06 bits per heavy atom. The van der Waals surface area contributed by atoms with E-state index in [0.29, 0.717) is 12.5 Å². The summed E-state index contributed by atoms with van der Waals surface area (Å²) < 4.78 is 32.2. The summed E-state index contributed by atoms with van der Waals surface area (Å²) in [7, 11) is -3.19. The predicted molar refractivity (Wildman–Crippen MR) is 70.8 cm³/mol. The molecule has 1 aliphatic carbocycles. The van der Waals surface area contributed by atoms with Crippen LogP contribution in [0, 0.1) is 5.92 Å². The van der Waals surface area contributed by atoms with E-state index in [1.54, 1.807) is 0 Å². The van der Waals surface area contributed by atoms with Crippen LogP contribution in [0.25, 0.3) is 0 Å². The highest BCUT2D eigenvalue weighted by atomic mass is 79.9. The molecule has 0 bridgehead atoms. The Balaban J connectivity index is 1.87. The highest BCUT2D eigenvalue weighted by Crippen LogP contribution is 2.28. The lowest BCUT2D eigenvalue weighted by Crippen LogP contribution is -2.41. The molecule has 0 spiro atoms. The molecule has 0 radical (unpaired) electrons. The fourth-order valence-electron chi connectivity index (χ4n) is 2.68. The molecule has 1 saturated carbocycles. The van der Waals surface area contributed by atoms with Gasteiger partial charge in [-0.2, -0.15) is 0 Å². The number of rotatable bonds is 5. The van der Waals surface area contributed by atoms with Gasteiger partial charge >= 0.3 is 0 Å². The molecule has 2 rings (SSSR count). The third kappa shape index (κ3) is 3.91. The molecule has 1 heterocycles. The highest BCUT2D eigenvalue weighted by Gasteiger charge is 2.31. The van der Waals surface area contributed by atoms with Crippen molar-refractivity contribution in [1.29, 1.82) is 0 Å². The minimum Gasteiger partial charge on any atom is -0.377 e. The molecule has 3 unspecified atom stereocenters. The van der Waals surface area contributed by atoms with Crippen LogP contribution in [0.15, 0.2) is 0 Å². The zero-order valence-electron chi connectivity index (χ0n) is 9.90. The lowest BCUT2D eigenvalue weighted by atomic mass is 10.1. The van der Waals surface area contributed by atoms with Gasteiger partial charge in [0.05, 0.1) is 11.9 Å². The van der Waals surface area contributed by atoms with Gasteiger partial charge in [-0.3, -0.25) is 0 Å². The van der Waals surface area contributed by atoms with Crippen LogP contribution in [0.5, 0.6) is 0 Å². The van der Waals surface area contributed by atoms with E-state index in [1.165, 1.54) is 0 Å². The van der Waals surface area contributed by atoms with Crippen molar-refractivity contribution < 1.29 is 13.2 Å². The second-order valence-electron chi connectivity index (χ2n) is 4.99. The molecular formula is C11H20BrNO3S. The van der Waals surface area contributed by atoms with Gasteiger partial charge in [0.25, 0.3) is 0 Å². The third-order valence-electron chi connectivity index (χ3n) is 3.62. The number of halogens is 1. The zero-order valence-corrected chi connectivity index (χ0v) is 12.3. The van der Waals surface area contributed by atoms with Crippen LogP contribution in [-0.4, -0.2) is 38.3 Å². The average molecular weight is 326 g/mol. The van der Waals surface area contributed by atoms with E-state index in [2.05, 4.69) is 20.7 Å².